The lowest BCUT2D eigenvalue weighted by Gasteiger charge is -1.96. The van der Waals surface area contributed by atoms with Gasteiger partial charge in [-0.3, -0.25) is 4.79 Å². The van der Waals surface area contributed by atoms with Crippen molar-refractivity contribution in [1.82, 2.24) is 5.32 Å². The van der Waals surface area contributed by atoms with Crippen molar-refractivity contribution in [3.63, 3.8) is 0 Å². The molecule has 0 aromatic rings. The van der Waals surface area contributed by atoms with Gasteiger partial charge in [0.1, 0.15) is 0 Å². The van der Waals surface area contributed by atoms with Crippen molar-refractivity contribution in [2.24, 2.45) is 5.11 Å². The molecular formula is C7H10N4O. The van der Waals surface area contributed by atoms with E-state index in [0.717, 1.165) is 0 Å². The molecule has 0 bridgehead atoms. The highest BCUT2D eigenvalue weighted by Crippen LogP contribution is 1.78. The number of hydrogen-bond donors (Lipinski definition) is 1. The summed E-state index contributed by atoms with van der Waals surface area (Å²) in [7, 11) is 0. The fraction of sp³-hybridized carbons (Fsp3) is 0.571. The maximum absolute atomic E-state index is 10.7. The Bertz CT molecular complexity index is 244. The van der Waals surface area contributed by atoms with Gasteiger partial charge in [-0.05, 0) is 24.8 Å². The molecule has 5 nitrogen and oxygen atoms in total. The molecule has 0 radical (unpaired) electrons. The van der Waals surface area contributed by atoms with E-state index in [1.165, 1.54) is 0 Å². The molecule has 0 aliphatic rings. The predicted octanol–water partition coefficient (Wildman–Crippen LogP) is 0.826. The van der Waals surface area contributed by atoms with E-state index >= 15 is 0 Å². The van der Waals surface area contributed by atoms with E-state index in [9.17, 15) is 4.79 Å². The Hall–Kier alpha value is -1.66. The Morgan fingerprint density at radius 1 is 1.75 bits per heavy atom. The zero-order valence-corrected chi connectivity index (χ0v) is 6.87. The predicted molar refractivity (Wildman–Crippen MR) is 45.1 cm³/mol. The molecule has 0 saturated heterocycles. The lowest BCUT2D eigenvalue weighted by molar-refractivity contribution is -0.115. The smallest absolute Gasteiger partial charge is 0.295 e. The van der Waals surface area contributed by atoms with Gasteiger partial charge in [-0.15, -0.1) is 0 Å². The summed E-state index contributed by atoms with van der Waals surface area (Å²) >= 11 is 0. The first kappa shape index (κ1) is 10.3. The Morgan fingerprint density at radius 3 is 3.08 bits per heavy atom. The van der Waals surface area contributed by atoms with Crippen LogP contribution in [0.5, 0.6) is 0 Å². The van der Waals surface area contributed by atoms with Crippen molar-refractivity contribution in [2.45, 2.75) is 13.3 Å². The third kappa shape index (κ3) is 6.46. The lowest BCUT2D eigenvalue weighted by atomic mass is 10.4. The van der Waals surface area contributed by atoms with Gasteiger partial charge in [0.15, 0.2) is 0 Å². The Balaban J connectivity index is 3.35. The van der Waals surface area contributed by atoms with Crippen LogP contribution in [0.1, 0.15) is 13.3 Å². The molecule has 0 aliphatic heterocycles. The average Bonchev–Trinajstić information content (AvgIpc) is 2.05. The second kappa shape index (κ2) is 7.45. The number of hydrogen-bond acceptors (Lipinski definition) is 2. The molecule has 0 aliphatic carbocycles. The first-order valence-corrected chi connectivity index (χ1v) is 3.52. The molecule has 0 aromatic carbocycles. The summed E-state index contributed by atoms with van der Waals surface area (Å²) in [6, 6.07) is 0. The highest BCUT2D eigenvalue weighted by Gasteiger charge is 1.91. The van der Waals surface area contributed by atoms with E-state index in [2.05, 4.69) is 27.2 Å². The van der Waals surface area contributed by atoms with Gasteiger partial charge in [0.25, 0.3) is 5.91 Å². The van der Waals surface area contributed by atoms with E-state index in [-0.39, 0.29) is 5.91 Å². The van der Waals surface area contributed by atoms with E-state index in [1.54, 1.807) is 6.92 Å². The standard InChI is InChI=1S/C7H10N4O/c1-2-4-7(12)9-5-3-6-10-11-8/h3,5-6H2,1H3,(H,9,12). The van der Waals surface area contributed by atoms with Crippen molar-refractivity contribution in [2.75, 3.05) is 13.1 Å². The van der Waals surface area contributed by atoms with Crippen LogP contribution in [0, 0.1) is 11.8 Å². The summed E-state index contributed by atoms with van der Waals surface area (Å²) in [6.45, 7) is 2.49. The van der Waals surface area contributed by atoms with E-state index in [1.807, 2.05) is 0 Å². The van der Waals surface area contributed by atoms with Crippen LogP contribution >= 0.6 is 0 Å². The lowest BCUT2D eigenvalue weighted by Crippen LogP contribution is -2.22. The quantitative estimate of drug-likeness (QED) is 0.217. The van der Waals surface area contributed by atoms with Crippen LogP contribution in [-0.2, 0) is 4.79 Å². The minimum Gasteiger partial charge on any atom is -0.345 e. The fourth-order valence-electron chi connectivity index (χ4n) is 0.554. The van der Waals surface area contributed by atoms with Gasteiger partial charge in [0, 0.05) is 18.0 Å². The molecule has 64 valence electrons. The molecular weight excluding hydrogens is 156 g/mol. The van der Waals surface area contributed by atoms with Crippen molar-refractivity contribution in [1.29, 1.82) is 0 Å². The second-order valence-electron chi connectivity index (χ2n) is 1.94. The van der Waals surface area contributed by atoms with Crippen molar-refractivity contribution >= 4 is 5.91 Å². The van der Waals surface area contributed by atoms with Crippen LogP contribution in [0.2, 0.25) is 0 Å². The molecule has 0 unspecified atom stereocenters. The largest absolute Gasteiger partial charge is 0.345 e. The Kier molecular flexibility index (Phi) is 6.42. The van der Waals surface area contributed by atoms with Gasteiger partial charge in [0.2, 0.25) is 0 Å². The van der Waals surface area contributed by atoms with Crippen LogP contribution in [0.4, 0.5) is 0 Å². The molecule has 0 heterocycles. The molecule has 0 aromatic heterocycles. The summed E-state index contributed by atoms with van der Waals surface area (Å²) < 4.78 is 0. The summed E-state index contributed by atoms with van der Waals surface area (Å²) in [5.41, 5.74) is 7.91. The number of rotatable bonds is 4. The van der Waals surface area contributed by atoms with Crippen LogP contribution < -0.4 is 5.32 Å². The molecule has 0 atom stereocenters. The third-order valence-electron chi connectivity index (χ3n) is 1.02. The second-order valence-corrected chi connectivity index (χ2v) is 1.94. The highest BCUT2D eigenvalue weighted by atomic mass is 16.1. The van der Waals surface area contributed by atoms with E-state index in [0.29, 0.717) is 19.5 Å². The SMILES string of the molecule is CC#CC(=O)NCCCN=[N+]=[N-]. The van der Waals surface area contributed by atoms with Crippen LogP contribution in [0.15, 0.2) is 5.11 Å². The summed E-state index contributed by atoms with van der Waals surface area (Å²) in [5.74, 6) is 4.52. The molecule has 0 spiro atoms. The van der Waals surface area contributed by atoms with E-state index in [4.69, 9.17) is 5.53 Å². The maximum atomic E-state index is 10.7. The zero-order chi connectivity index (χ0) is 9.23. The average molecular weight is 166 g/mol. The minimum absolute atomic E-state index is 0.293. The summed E-state index contributed by atoms with van der Waals surface area (Å²) in [4.78, 5) is 13.3. The van der Waals surface area contributed by atoms with Crippen LogP contribution in [0.25, 0.3) is 10.4 Å². The van der Waals surface area contributed by atoms with Gasteiger partial charge >= 0.3 is 0 Å². The van der Waals surface area contributed by atoms with Gasteiger partial charge < -0.3 is 5.32 Å². The molecule has 12 heavy (non-hydrogen) atoms. The monoisotopic (exact) mass is 166 g/mol. The topological polar surface area (TPSA) is 77.9 Å². The molecule has 0 rings (SSSR count). The number of carbonyl (C=O) groups excluding carboxylic acids is 1. The van der Waals surface area contributed by atoms with Crippen molar-refractivity contribution in [3.8, 4) is 11.8 Å². The van der Waals surface area contributed by atoms with Crippen molar-refractivity contribution < 1.29 is 4.79 Å². The zero-order valence-electron chi connectivity index (χ0n) is 6.87. The molecule has 1 amide bonds. The Morgan fingerprint density at radius 2 is 2.50 bits per heavy atom. The first-order chi connectivity index (χ1) is 5.81. The fourth-order valence-corrected chi connectivity index (χ4v) is 0.554. The number of amides is 1. The van der Waals surface area contributed by atoms with Gasteiger partial charge in [0.05, 0.1) is 0 Å². The maximum Gasteiger partial charge on any atom is 0.295 e. The van der Waals surface area contributed by atoms with Crippen LogP contribution in [-0.4, -0.2) is 19.0 Å². The van der Waals surface area contributed by atoms with Gasteiger partial charge in [-0.1, -0.05) is 11.0 Å². The summed E-state index contributed by atoms with van der Waals surface area (Å²) in [6.07, 6.45) is 0.640. The number of carbonyl (C=O) groups is 1. The number of nitrogens with one attached hydrogen (secondary N) is 1. The van der Waals surface area contributed by atoms with Gasteiger partial charge in [-0.25, -0.2) is 0 Å². The molecule has 5 heteroatoms. The first-order valence-electron chi connectivity index (χ1n) is 3.52. The molecule has 1 N–H and O–H groups in total. The molecule has 0 saturated carbocycles. The normalized spacial score (nSPS) is 7.42. The van der Waals surface area contributed by atoms with Crippen LogP contribution in [0.3, 0.4) is 0 Å². The third-order valence-corrected chi connectivity index (χ3v) is 1.02. The van der Waals surface area contributed by atoms with Crippen molar-refractivity contribution in [3.05, 3.63) is 10.4 Å². The Labute approximate surface area is 70.8 Å². The van der Waals surface area contributed by atoms with Gasteiger partial charge in [-0.2, -0.15) is 0 Å². The minimum atomic E-state index is -0.293. The number of azide groups is 1. The summed E-state index contributed by atoms with van der Waals surface area (Å²) in [5, 5.41) is 5.85. The number of nitrogens with zero attached hydrogens (tertiary/aromatic N) is 3. The molecule has 0 fully saturated rings. The highest BCUT2D eigenvalue weighted by molar-refractivity contribution is 5.93. The van der Waals surface area contributed by atoms with E-state index < -0.39 is 0 Å².